The standard InChI is InChI=1S/C17H19N3O7S/c1-11-5-6-13(9-14(11)20(21)22)28(23,24)19-18-10-12-7-15(25-2)17(27-4)16(8-12)26-3/h5-10,19H,1-4H3/b18-10+. The molecular formula is C17H19N3O7S. The molecule has 0 saturated carbocycles. The van der Waals surface area contributed by atoms with Crippen LogP contribution in [0.25, 0.3) is 0 Å². The van der Waals surface area contributed by atoms with Crippen LogP contribution in [0.5, 0.6) is 17.2 Å². The summed E-state index contributed by atoms with van der Waals surface area (Å²) in [6.07, 6.45) is 1.24. The second-order valence-corrected chi connectivity index (χ2v) is 7.18. The maximum Gasteiger partial charge on any atom is 0.276 e. The average Bonchev–Trinajstić information content (AvgIpc) is 2.66. The number of ether oxygens (including phenoxy) is 3. The predicted octanol–water partition coefficient (Wildman–Crippen LogP) is 2.24. The molecule has 11 heteroatoms. The van der Waals surface area contributed by atoms with Crippen molar-refractivity contribution in [1.82, 2.24) is 4.83 Å². The van der Waals surface area contributed by atoms with Crippen LogP contribution in [0.15, 0.2) is 40.3 Å². The minimum Gasteiger partial charge on any atom is -0.493 e. The molecule has 150 valence electrons. The number of hydrogen-bond donors (Lipinski definition) is 1. The van der Waals surface area contributed by atoms with E-state index < -0.39 is 14.9 Å². The Labute approximate surface area is 161 Å². The predicted molar refractivity (Wildman–Crippen MR) is 102 cm³/mol. The molecule has 10 nitrogen and oxygen atoms in total. The van der Waals surface area contributed by atoms with E-state index in [1.165, 1.54) is 46.6 Å². The zero-order valence-corrected chi connectivity index (χ0v) is 16.4. The van der Waals surface area contributed by atoms with Gasteiger partial charge in [-0.15, -0.1) is 0 Å². The number of sulfonamides is 1. The van der Waals surface area contributed by atoms with Crippen molar-refractivity contribution in [2.24, 2.45) is 5.10 Å². The number of nitrogens with zero attached hydrogens (tertiary/aromatic N) is 2. The van der Waals surface area contributed by atoms with E-state index in [4.69, 9.17) is 14.2 Å². The molecule has 0 unspecified atom stereocenters. The maximum absolute atomic E-state index is 12.3. The summed E-state index contributed by atoms with van der Waals surface area (Å²) in [5.41, 5.74) is 0.536. The molecular weight excluding hydrogens is 390 g/mol. The minimum atomic E-state index is -4.09. The van der Waals surface area contributed by atoms with Crippen LogP contribution < -0.4 is 19.0 Å². The summed E-state index contributed by atoms with van der Waals surface area (Å²) in [6, 6.07) is 6.76. The molecule has 2 rings (SSSR count). The Morgan fingerprint density at radius 2 is 1.68 bits per heavy atom. The van der Waals surface area contributed by atoms with E-state index in [9.17, 15) is 18.5 Å². The van der Waals surface area contributed by atoms with Crippen molar-refractivity contribution in [3.05, 3.63) is 51.6 Å². The van der Waals surface area contributed by atoms with Crippen LogP contribution in [0.4, 0.5) is 5.69 Å². The second-order valence-electron chi connectivity index (χ2n) is 5.52. The first-order valence-corrected chi connectivity index (χ1v) is 9.31. The first-order chi connectivity index (χ1) is 13.2. The van der Waals surface area contributed by atoms with Crippen LogP contribution in [0.3, 0.4) is 0 Å². The maximum atomic E-state index is 12.3. The Hall–Kier alpha value is -3.34. The lowest BCUT2D eigenvalue weighted by Gasteiger charge is -2.12. The SMILES string of the molecule is COc1cc(/C=N/NS(=O)(=O)c2ccc(C)c([N+](=O)[O-])c2)cc(OC)c1OC. The summed E-state index contributed by atoms with van der Waals surface area (Å²) in [5.74, 6) is 1.13. The topological polar surface area (TPSA) is 129 Å². The molecule has 0 atom stereocenters. The first-order valence-electron chi connectivity index (χ1n) is 7.83. The van der Waals surface area contributed by atoms with Gasteiger partial charge in [0, 0.05) is 17.2 Å². The molecule has 0 fully saturated rings. The summed E-state index contributed by atoms with van der Waals surface area (Å²) < 4.78 is 40.3. The zero-order chi connectivity index (χ0) is 20.9. The Morgan fingerprint density at radius 1 is 1.07 bits per heavy atom. The highest BCUT2D eigenvalue weighted by Gasteiger charge is 2.19. The molecule has 28 heavy (non-hydrogen) atoms. The summed E-state index contributed by atoms with van der Waals surface area (Å²) in [7, 11) is 0.274. The van der Waals surface area contributed by atoms with Gasteiger partial charge in [-0.3, -0.25) is 10.1 Å². The molecule has 1 N–H and O–H groups in total. The van der Waals surface area contributed by atoms with Gasteiger partial charge in [-0.2, -0.15) is 13.5 Å². The summed E-state index contributed by atoms with van der Waals surface area (Å²) in [5, 5.41) is 14.7. The van der Waals surface area contributed by atoms with Gasteiger partial charge in [-0.05, 0) is 25.1 Å². The molecule has 2 aromatic rings. The molecule has 0 bridgehead atoms. The molecule has 0 aliphatic carbocycles. The number of nitrogens with one attached hydrogen (secondary N) is 1. The first kappa shape index (κ1) is 21.0. The van der Waals surface area contributed by atoms with E-state index in [-0.39, 0.29) is 10.6 Å². The Morgan fingerprint density at radius 3 is 2.18 bits per heavy atom. The van der Waals surface area contributed by atoms with Gasteiger partial charge in [0.25, 0.3) is 15.7 Å². The summed E-state index contributed by atoms with van der Waals surface area (Å²) in [4.78, 5) is 12.1. The van der Waals surface area contributed by atoms with Crippen LogP contribution in [-0.4, -0.2) is 40.9 Å². The zero-order valence-electron chi connectivity index (χ0n) is 15.6. The van der Waals surface area contributed by atoms with Gasteiger partial charge in [-0.1, -0.05) is 6.07 Å². The third kappa shape index (κ3) is 4.49. The van der Waals surface area contributed by atoms with E-state index >= 15 is 0 Å². The third-order valence-corrected chi connectivity index (χ3v) is 4.98. The number of nitro benzene ring substituents is 1. The van der Waals surface area contributed by atoms with Gasteiger partial charge < -0.3 is 14.2 Å². The van der Waals surface area contributed by atoms with Crippen molar-refractivity contribution >= 4 is 21.9 Å². The number of hydrogen-bond acceptors (Lipinski definition) is 8. The number of rotatable bonds is 8. The average molecular weight is 409 g/mol. The number of aryl methyl sites for hydroxylation is 1. The number of hydrazone groups is 1. The van der Waals surface area contributed by atoms with E-state index in [1.807, 2.05) is 4.83 Å². The molecule has 0 saturated heterocycles. The molecule has 0 aliphatic rings. The number of methoxy groups -OCH3 is 3. The lowest BCUT2D eigenvalue weighted by atomic mass is 10.2. The van der Waals surface area contributed by atoms with Crippen molar-refractivity contribution in [2.75, 3.05) is 21.3 Å². The molecule has 0 heterocycles. The minimum absolute atomic E-state index is 0.271. The fraction of sp³-hybridized carbons (Fsp3) is 0.235. The van der Waals surface area contributed by atoms with Gasteiger partial charge >= 0.3 is 0 Å². The van der Waals surface area contributed by atoms with Gasteiger partial charge in [0.05, 0.1) is 37.4 Å². The van der Waals surface area contributed by atoms with E-state index in [2.05, 4.69) is 5.10 Å². The lowest BCUT2D eigenvalue weighted by molar-refractivity contribution is -0.385. The monoisotopic (exact) mass is 409 g/mol. The van der Waals surface area contributed by atoms with Crippen molar-refractivity contribution in [1.29, 1.82) is 0 Å². The van der Waals surface area contributed by atoms with Gasteiger partial charge in [0.2, 0.25) is 5.75 Å². The third-order valence-electron chi connectivity index (χ3n) is 3.76. The van der Waals surface area contributed by atoms with Crippen molar-refractivity contribution in [3.8, 4) is 17.2 Å². The van der Waals surface area contributed by atoms with Crippen molar-refractivity contribution < 1.29 is 27.6 Å². The van der Waals surface area contributed by atoms with Gasteiger partial charge in [0.1, 0.15) is 0 Å². The molecule has 2 aromatic carbocycles. The normalized spacial score (nSPS) is 11.3. The smallest absolute Gasteiger partial charge is 0.276 e. The number of benzene rings is 2. The van der Waals surface area contributed by atoms with Gasteiger partial charge in [0.15, 0.2) is 11.5 Å². The highest BCUT2D eigenvalue weighted by Crippen LogP contribution is 2.37. The highest BCUT2D eigenvalue weighted by atomic mass is 32.2. The molecule has 0 radical (unpaired) electrons. The van der Waals surface area contributed by atoms with Crippen LogP contribution >= 0.6 is 0 Å². The van der Waals surface area contributed by atoms with Crippen molar-refractivity contribution in [3.63, 3.8) is 0 Å². The second kappa shape index (κ2) is 8.57. The van der Waals surface area contributed by atoms with Crippen LogP contribution in [-0.2, 0) is 10.0 Å². The van der Waals surface area contributed by atoms with Crippen LogP contribution in [0.2, 0.25) is 0 Å². The van der Waals surface area contributed by atoms with Crippen molar-refractivity contribution in [2.45, 2.75) is 11.8 Å². The Bertz CT molecular complexity index is 994. The van der Waals surface area contributed by atoms with Gasteiger partial charge in [-0.25, -0.2) is 4.83 Å². The molecule has 0 spiro atoms. The Balaban J connectivity index is 2.29. The molecule has 0 amide bonds. The largest absolute Gasteiger partial charge is 0.493 e. The summed E-state index contributed by atoms with van der Waals surface area (Å²) >= 11 is 0. The fourth-order valence-corrected chi connectivity index (χ4v) is 3.16. The van der Waals surface area contributed by atoms with E-state index in [0.717, 1.165) is 6.07 Å². The Kier molecular flexibility index (Phi) is 6.41. The van der Waals surface area contributed by atoms with E-state index in [1.54, 1.807) is 12.1 Å². The lowest BCUT2D eigenvalue weighted by Crippen LogP contribution is -2.18. The van der Waals surface area contributed by atoms with E-state index in [0.29, 0.717) is 28.4 Å². The van der Waals surface area contributed by atoms with Crippen LogP contribution in [0.1, 0.15) is 11.1 Å². The fourth-order valence-electron chi connectivity index (χ4n) is 2.35. The quantitative estimate of drug-likeness (QED) is 0.402. The number of nitro groups is 1. The molecule has 0 aliphatic heterocycles. The highest BCUT2D eigenvalue weighted by molar-refractivity contribution is 7.89. The molecule has 0 aromatic heterocycles. The summed E-state index contributed by atoms with van der Waals surface area (Å²) in [6.45, 7) is 1.52. The van der Waals surface area contributed by atoms with Crippen LogP contribution in [0, 0.1) is 17.0 Å².